The van der Waals surface area contributed by atoms with Gasteiger partial charge in [-0.2, -0.15) is 0 Å². The normalized spacial score (nSPS) is 15.4. The summed E-state index contributed by atoms with van der Waals surface area (Å²) in [5.74, 6) is 0.0246. The van der Waals surface area contributed by atoms with Gasteiger partial charge in [0.2, 0.25) is 5.91 Å². The van der Waals surface area contributed by atoms with Crippen LogP contribution in [0.4, 0.5) is 5.69 Å². The Bertz CT molecular complexity index is 702. The molecule has 108 valence electrons. The predicted molar refractivity (Wildman–Crippen MR) is 78.0 cm³/mol. The number of hydrogen-bond acceptors (Lipinski definition) is 3. The van der Waals surface area contributed by atoms with Crippen LogP contribution in [0, 0.1) is 0 Å². The van der Waals surface area contributed by atoms with Crippen LogP contribution >= 0.6 is 0 Å². The van der Waals surface area contributed by atoms with Crippen LogP contribution < -0.4 is 10.6 Å². The highest BCUT2D eigenvalue weighted by atomic mass is 16.3. The molecule has 21 heavy (non-hydrogen) atoms. The van der Waals surface area contributed by atoms with Crippen molar-refractivity contribution in [2.75, 3.05) is 5.32 Å². The van der Waals surface area contributed by atoms with Gasteiger partial charge in [0.1, 0.15) is 0 Å². The van der Waals surface area contributed by atoms with Gasteiger partial charge in [0.15, 0.2) is 5.76 Å². The average molecular weight is 284 g/mol. The third-order valence-electron chi connectivity index (χ3n) is 3.77. The minimum absolute atomic E-state index is 0.00530. The van der Waals surface area contributed by atoms with Crippen molar-refractivity contribution in [3.63, 3.8) is 0 Å². The van der Waals surface area contributed by atoms with Crippen molar-refractivity contribution in [2.45, 2.75) is 25.8 Å². The Morgan fingerprint density at radius 2 is 2.14 bits per heavy atom. The molecule has 1 aromatic heterocycles. The summed E-state index contributed by atoms with van der Waals surface area (Å²) in [6.07, 6.45) is 1.46. The Labute approximate surface area is 122 Å². The maximum atomic E-state index is 11.9. The Kier molecular flexibility index (Phi) is 3.05. The molecule has 0 saturated carbocycles. The van der Waals surface area contributed by atoms with Crippen molar-refractivity contribution in [2.24, 2.45) is 0 Å². The van der Waals surface area contributed by atoms with Gasteiger partial charge in [-0.1, -0.05) is 12.1 Å². The number of nitrogens with one attached hydrogen (secondary N) is 2. The van der Waals surface area contributed by atoms with Gasteiger partial charge in [0, 0.05) is 12.2 Å². The van der Waals surface area contributed by atoms with E-state index >= 15 is 0 Å². The van der Waals surface area contributed by atoms with Crippen LogP contribution in [0.25, 0.3) is 0 Å². The number of benzene rings is 1. The maximum Gasteiger partial charge on any atom is 0.287 e. The van der Waals surface area contributed by atoms with E-state index in [1.807, 2.05) is 32.0 Å². The van der Waals surface area contributed by atoms with Crippen molar-refractivity contribution in [3.8, 4) is 0 Å². The molecule has 0 atom stereocenters. The molecule has 0 unspecified atom stereocenters. The number of furan rings is 1. The molecule has 5 nitrogen and oxygen atoms in total. The first-order chi connectivity index (χ1) is 9.98. The summed E-state index contributed by atoms with van der Waals surface area (Å²) in [6.45, 7) is 4.16. The van der Waals surface area contributed by atoms with E-state index in [2.05, 4.69) is 10.6 Å². The number of amides is 2. The first-order valence-electron chi connectivity index (χ1n) is 6.75. The molecule has 0 spiro atoms. The lowest BCUT2D eigenvalue weighted by atomic mass is 9.85. The third kappa shape index (κ3) is 2.31. The van der Waals surface area contributed by atoms with Crippen LogP contribution in [0.2, 0.25) is 0 Å². The fraction of sp³-hybridized carbons (Fsp3) is 0.250. The smallest absolute Gasteiger partial charge is 0.287 e. The third-order valence-corrected chi connectivity index (χ3v) is 3.77. The lowest BCUT2D eigenvalue weighted by Crippen LogP contribution is -2.27. The zero-order valence-corrected chi connectivity index (χ0v) is 11.9. The number of anilines is 1. The summed E-state index contributed by atoms with van der Waals surface area (Å²) in [7, 11) is 0. The molecular weight excluding hydrogens is 268 g/mol. The SMILES string of the molecule is CC1(C)C(=O)Nc2ccc(CNC(=O)c3ccco3)cc21. The molecule has 1 aliphatic rings. The zero-order valence-electron chi connectivity index (χ0n) is 11.9. The number of carbonyl (C=O) groups excluding carboxylic acids is 2. The van der Waals surface area contributed by atoms with Gasteiger partial charge in [0.05, 0.1) is 11.7 Å². The number of rotatable bonds is 3. The molecule has 0 fully saturated rings. The summed E-state index contributed by atoms with van der Waals surface area (Å²) in [4.78, 5) is 23.7. The fourth-order valence-electron chi connectivity index (χ4n) is 2.41. The number of fused-ring (bicyclic) bond motifs is 1. The highest BCUT2D eigenvalue weighted by Crippen LogP contribution is 2.37. The lowest BCUT2D eigenvalue weighted by Gasteiger charge is -2.15. The molecule has 2 N–H and O–H groups in total. The van der Waals surface area contributed by atoms with Gasteiger partial charge in [-0.15, -0.1) is 0 Å². The van der Waals surface area contributed by atoms with E-state index in [1.54, 1.807) is 12.1 Å². The first kappa shape index (κ1) is 13.4. The topological polar surface area (TPSA) is 71.3 Å². The number of carbonyl (C=O) groups is 2. The van der Waals surface area contributed by atoms with Crippen molar-refractivity contribution >= 4 is 17.5 Å². The van der Waals surface area contributed by atoms with E-state index in [-0.39, 0.29) is 17.6 Å². The second kappa shape index (κ2) is 4.77. The van der Waals surface area contributed by atoms with Crippen LogP contribution in [0.5, 0.6) is 0 Å². The van der Waals surface area contributed by atoms with Crippen molar-refractivity contribution in [3.05, 3.63) is 53.5 Å². The number of hydrogen-bond donors (Lipinski definition) is 2. The Balaban J connectivity index is 1.75. The molecule has 2 heterocycles. The second-order valence-electron chi connectivity index (χ2n) is 5.62. The van der Waals surface area contributed by atoms with E-state index in [0.29, 0.717) is 6.54 Å². The van der Waals surface area contributed by atoms with E-state index in [1.165, 1.54) is 6.26 Å². The van der Waals surface area contributed by atoms with E-state index in [0.717, 1.165) is 16.8 Å². The molecule has 0 saturated heterocycles. The molecule has 0 bridgehead atoms. The highest BCUT2D eigenvalue weighted by Gasteiger charge is 2.38. The Morgan fingerprint density at radius 1 is 1.33 bits per heavy atom. The summed E-state index contributed by atoms with van der Waals surface area (Å²) in [6, 6.07) is 9.00. The molecule has 0 radical (unpaired) electrons. The van der Waals surface area contributed by atoms with Gasteiger partial charge in [-0.3, -0.25) is 9.59 Å². The lowest BCUT2D eigenvalue weighted by molar-refractivity contribution is -0.119. The molecule has 1 aliphatic heterocycles. The quantitative estimate of drug-likeness (QED) is 0.909. The van der Waals surface area contributed by atoms with E-state index in [4.69, 9.17) is 4.42 Å². The summed E-state index contributed by atoms with van der Waals surface area (Å²) in [5.41, 5.74) is 2.19. The minimum atomic E-state index is -0.545. The molecule has 0 aliphatic carbocycles. The van der Waals surface area contributed by atoms with Gasteiger partial charge in [0.25, 0.3) is 5.91 Å². The van der Waals surface area contributed by atoms with E-state index < -0.39 is 5.41 Å². The average Bonchev–Trinajstić information content (AvgIpc) is 3.05. The zero-order chi connectivity index (χ0) is 15.0. The minimum Gasteiger partial charge on any atom is -0.459 e. The van der Waals surface area contributed by atoms with Gasteiger partial charge in [-0.05, 0) is 43.2 Å². The largest absolute Gasteiger partial charge is 0.459 e. The molecule has 3 rings (SSSR count). The van der Waals surface area contributed by atoms with Crippen molar-refractivity contribution in [1.82, 2.24) is 5.32 Å². The molecule has 2 amide bonds. The Morgan fingerprint density at radius 3 is 2.86 bits per heavy atom. The Hall–Kier alpha value is -2.56. The van der Waals surface area contributed by atoms with Gasteiger partial charge >= 0.3 is 0 Å². The maximum absolute atomic E-state index is 11.9. The van der Waals surface area contributed by atoms with E-state index in [9.17, 15) is 9.59 Å². The van der Waals surface area contributed by atoms with Gasteiger partial charge < -0.3 is 15.1 Å². The predicted octanol–water partition coefficient (Wildman–Crippen LogP) is 2.44. The molecular formula is C16H16N2O3. The molecule has 5 heteroatoms. The van der Waals surface area contributed by atoms with Crippen LogP contribution in [0.15, 0.2) is 41.0 Å². The molecule has 2 aromatic rings. The fourth-order valence-corrected chi connectivity index (χ4v) is 2.41. The van der Waals surface area contributed by atoms with Crippen molar-refractivity contribution < 1.29 is 14.0 Å². The summed E-state index contributed by atoms with van der Waals surface area (Å²) >= 11 is 0. The summed E-state index contributed by atoms with van der Waals surface area (Å²) < 4.78 is 5.04. The van der Waals surface area contributed by atoms with Gasteiger partial charge in [-0.25, -0.2) is 0 Å². The monoisotopic (exact) mass is 284 g/mol. The van der Waals surface area contributed by atoms with Crippen LogP contribution in [0.1, 0.15) is 35.5 Å². The van der Waals surface area contributed by atoms with Crippen LogP contribution in [-0.4, -0.2) is 11.8 Å². The first-order valence-corrected chi connectivity index (χ1v) is 6.75. The second-order valence-corrected chi connectivity index (χ2v) is 5.62. The molecule has 1 aromatic carbocycles. The van der Waals surface area contributed by atoms with Crippen molar-refractivity contribution in [1.29, 1.82) is 0 Å². The van der Waals surface area contributed by atoms with Crippen LogP contribution in [-0.2, 0) is 16.8 Å². The standard InChI is InChI=1S/C16H16N2O3/c1-16(2)11-8-10(5-6-12(11)18-15(16)20)9-17-14(19)13-4-3-7-21-13/h3-8H,9H2,1-2H3,(H,17,19)(H,18,20). The summed E-state index contributed by atoms with van der Waals surface area (Å²) in [5, 5.41) is 5.65. The highest BCUT2D eigenvalue weighted by molar-refractivity contribution is 6.05. The van der Waals surface area contributed by atoms with Crippen LogP contribution in [0.3, 0.4) is 0 Å².